The van der Waals surface area contributed by atoms with Gasteiger partial charge in [-0.05, 0) is 12.0 Å². The van der Waals surface area contributed by atoms with E-state index in [0.29, 0.717) is 26.1 Å². The Morgan fingerprint density at radius 2 is 1.96 bits per heavy atom. The topological polar surface area (TPSA) is 59.1 Å². The van der Waals surface area contributed by atoms with Gasteiger partial charge in [-0.1, -0.05) is 32.0 Å². The summed E-state index contributed by atoms with van der Waals surface area (Å²) in [7, 11) is 3.24. The lowest BCUT2D eigenvalue weighted by molar-refractivity contribution is -0.139. The van der Waals surface area contributed by atoms with Gasteiger partial charge >= 0.3 is 0 Å². The van der Waals surface area contributed by atoms with Crippen LogP contribution in [0.3, 0.4) is 0 Å². The van der Waals surface area contributed by atoms with Gasteiger partial charge in [-0.15, -0.1) is 0 Å². The Hall–Kier alpha value is -2.08. The Kier molecular flexibility index (Phi) is 6.82. The fourth-order valence-corrected chi connectivity index (χ4v) is 2.99. The van der Waals surface area contributed by atoms with Crippen LogP contribution in [0.1, 0.15) is 25.8 Å². The first-order chi connectivity index (χ1) is 11.9. The number of hydrogen-bond acceptors (Lipinski definition) is 4. The second kappa shape index (κ2) is 8.85. The predicted molar refractivity (Wildman–Crippen MR) is 95.2 cm³/mol. The zero-order valence-electron chi connectivity index (χ0n) is 15.5. The Morgan fingerprint density at radius 1 is 1.24 bits per heavy atom. The molecule has 1 aromatic rings. The quantitative estimate of drug-likeness (QED) is 0.788. The molecule has 0 aromatic heterocycles. The summed E-state index contributed by atoms with van der Waals surface area (Å²) in [5.74, 6) is 0.949. The maximum Gasteiger partial charge on any atom is 0.242 e. The van der Waals surface area contributed by atoms with Gasteiger partial charge in [-0.25, -0.2) is 0 Å². The van der Waals surface area contributed by atoms with E-state index in [1.165, 1.54) is 0 Å². The molecule has 1 unspecified atom stereocenters. The van der Waals surface area contributed by atoms with Crippen LogP contribution in [0.5, 0.6) is 5.75 Å². The lowest BCUT2D eigenvalue weighted by Gasteiger charge is -2.24. The maximum absolute atomic E-state index is 12.7. The molecule has 6 heteroatoms. The number of carbonyl (C=O) groups is 2. The lowest BCUT2D eigenvalue weighted by atomic mass is 10.1. The average molecular weight is 348 g/mol. The highest BCUT2D eigenvalue weighted by atomic mass is 16.5. The van der Waals surface area contributed by atoms with E-state index in [1.807, 2.05) is 38.1 Å². The minimum atomic E-state index is -0.197. The second-order valence-electron chi connectivity index (χ2n) is 6.82. The highest BCUT2D eigenvalue weighted by molar-refractivity contribution is 5.85. The van der Waals surface area contributed by atoms with Crippen LogP contribution in [-0.2, 0) is 20.9 Å². The molecule has 0 N–H and O–H groups in total. The van der Waals surface area contributed by atoms with Crippen LogP contribution in [0.2, 0.25) is 0 Å². The van der Waals surface area contributed by atoms with Crippen molar-refractivity contribution in [3.05, 3.63) is 29.8 Å². The van der Waals surface area contributed by atoms with Crippen molar-refractivity contribution in [2.24, 2.45) is 5.92 Å². The second-order valence-corrected chi connectivity index (χ2v) is 6.82. The molecule has 0 radical (unpaired) electrons. The van der Waals surface area contributed by atoms with Crippen LogP contribution in [0.15, 0.2) is 24.3 Å². The van der Waals surface area contributed by atoms with E-state index in [-0.39, 0.29) is 30.4 Å². The summed E-state index contributed by atoms with van der Waals surface area (Å²) in [6.07, 6.45) is 0.244. The number of hydrogen-bond donors (Lipinski definition) is 0. The number of methoxy groups -OCH3 is 2. The molecule has 138 valence electrons. The Labute approximate surface area is 149 Å². The summed E-state index contributed by atoms with van der Waals surface area (Å²) in [6.45, 7) is 5.43. The zero-order chi connectivity index (χ0) is 18.4. The van der Waals surface area contributed by atoms with E-state index in [0.717, 1.165) is 11.3 Å². The first-order valence-electron chi connectivity index (χ1n) is 8.64. The van der Waals surface area contributed by atoms with Gasteiger partial charge in [0.1, 0.15) is 5.75 Å². The molecule has 1 atom stereocenters. The Bertz CT molecular complexity index is 603. The van der Waals surface area contributed by atoms with Crippen molar-refractivity contribution >= 4 is 11.8 Å². The minimum Gasteiger partial charge on any atom is -0.496 e. The number of para-hydroxylation sites is 1. The van der Waals surface area contributed by atoms with E-state index < -0.39 is 0 Å². The largest absolute Gasteiger partial charge is 0.496 e. The van der Waals surface area contributed by atoms with Crippen LogP contribution >= 0.6 is 0 Å². The van der Waals surface area contributed by atoms with Gasteiger partial charge in [0.05, 0.1) is 19.8 Å². The summed E-state index contributed by atoms with van der Waals surface area (Å²) < 4.78 is 10.9. The number of ether oxygens (including phenoxy) is 2. The molecule has 1 aliphatic rings. The summed E-state index contributed by atoms with van der Waals surface area (Å²) in [5.41, 5.74) is 0.940. The van der Waals surface area contributed by atoms with E-state index in [2.05, 4.69) is 0 Å². The van der Waals surface area contributed by atoms with Gasteiger partial charge in [0.25, 0.3) is 0 Å². The molecule has 0 bridgehead atoms. The summed E-state index contributed by atoms with van der Waals surface area (Å²) in [5, 5.41) is 0. The number of nitrogens with zero attached hydrogens (tertiary/aromatic N) is 2. The Balaban J connectivity index is 2.15. The first-order valence-corrected chi connectivity index (χ1v) is 8.64. The highest BCUT2D eigenvalue weighted by Gasteiger charge is 2.30. The normalized spacial score (nSPS) is 18.4. The number of carbonyl (C=O) groups excluding carboxylic acids is 2. The third-order valence-electron chi connectivity index (χ3n) is 4.35. The lowest BCUT2D eigenvalue weighted by Crippen LogP contribution is -2.40. The van der Waals surface area contributed by atoms with Crippen molar-refractivity contribution in [1.29, 1.82) is 0 Å². The number of amides is 2. The molecular weight excluding hydrogens is 320 g/mol. The van der Waals surface area contributed by atoms with Crippen LogP contribution in [0, 0.1) is 5.92 Å². The third-order valence-corrected chi connectivity index (χ3v) is 4.35. The number of benzene rings is 1. The van der Waals surface area contributed by atoms with Crippen LogP contribution < -0.4 is 4.74 Å². The summed E-state index contributed by atoms with van der Waals surface area (Å²) >= 11 is 0. The molecule has 1 saturated heterocycles. The van der Waals surface area contributed by atoms with Crippen molar-refractivity contribution < 1.29 is 19.1 Å². The number of rotatable bonds is 6. The predicted octanol–water partition coefficient (Wildman–Crippen LogP) is 1.93. The molecule has 1 heterocycles. The van der Waals surface area contributed by atoms with E-state index in [9.17, 15) is 9.59 Å². The van der Waals surface area contributed by atoms with Gasteiger partial charge in [0.2, 0.25) is 11.8 Å². The van der Waals surface area contributed by atoms with E-state index in [1.54, 1.807) is 24.0 Å². The zero-order valence-corrected chi connectivity index (χ0v) is 15.5. The molecular formula is C19H28N2O4. The maximum atomic E-state index is 12.7. The fraction of sp³-hybridized carbons (Fsp3) is 0.579. The average Bonchev–Trinajstić information content (AvgIpc) is 2.74. The third kappa shape index (κ3) is 5.19. The summed E-state index contributed by atoms with van der Waals surface area (Å²) in [6, 6.07) is 7.65. The molecule has 2 amide bonds. The van der Waals surface area contributed by atoms with Crippen molar-refractivity contribution in [3.8, 4) is 5.75 Å². The molecule has 1 fully saturated rings. The summed E-state index contributed by atoms with van der Waals surface area (Å²) in [4.78, 5) is 28.5. The SMILES string of the molecule is COc1ccccc1CN1CC(OC)CN(C(=O)CC(C)C)CC1=O. The molecule has 0 aliphatic carbocycles. The van der Waals surface area contributed by atoms with Crippen molar-refractivity contribution in [2.75, 3.05) is 33.9 Å². The van der Waals surface area contributed by atoms with Crippen LogP contribution in [-0.4, -0.2) is 61.6 Å². The van der Waals surface area contributed by atoms with Crippen LogP contribution in [0.25, 0.3) is 0 Å². The van der Waals surface area contributed by atoms with Crippen molar-refractivity contribution in [1.82, 2.24) is 9.80 Å². The molecule has 0 spiro atoms. The van der Waals surface area contributed by atoms with Gasteiger partial charge in [0.15, 0.2) is 0 Å². The van der Waals surface area contributed by atoms with E-state index in [4.69, 9.17) is 9.47 Å². The van der Waals surface area contributed by atoms with Crippen molar-refractivity contribution in [3.63, 3.8) is 0 Å². The van der Waals surface area contributed by atoms with Crippen LogP contribution in [0.4, 0.5) is 0 Å². The molecule has 1 aromatic carbocycles. The van der Waals surface area contributed by atoms with Gasteiger partial charge in [-0.3, -0.25) is 9.59 Å². The molecule has 2 rings (SSSR count). The fourth-order valence-electron chi connectivity index (χ4n) is 2.99. The Morgan fingerprint density at radius 3 is 2.60 bits per heavy atom. The molecule has 6 nitrogen and oxygen atoms in total. The van der Waals surface area contributed by atoms with Gasteiger partial charge in [0, 0.05) is 38.7 Å². The molecule has 1 aliphatic heterocycles. The van der Waals surface area contributed by atoms with Gasteiger partial charge in [-0.2, -0.15) is 0 Å². The molecule has 25 heavy (non-hydrogen) atoms. The standard InChI is InChI=1S/C19H28N2O4/c1-14(2)9-18(22)21-12-16(24-3)11-20(19(23)13-21)10-15-7-5-6-8-17(15)25-4/h5-8,14,16H,9-13H2,1-4H3. The highest BCUT2D eigenvalue weighted by Crippen LogP contribution is 2.21. The first kappa shape index (κ1) is 19.2. The smallest absolute Gasteiger partial charge is 0.242 e. The minimum absolute atomic E-state index is 0.00421. The van der Waals surface area contributed by atoms with Crippen molar-refractivity contribution in [2.45, 2.75) is 32.9 Å². The monoisotopic (exact) mass is 348 g/mol. The molecule has 0 saturated carbocycles. The van der Waals surface area contributed by atoms with Gasteiger partial charge < -0.3 is 19.3 Å². The van der Waals surface area contributed by atoms with E-state index >= 15 is 0 Å².